The first-order chi connectivity index (χ1) is 31.5. The number of carbonyl (C=O) groups excluding carboxylic acids is 8. The summed E-state index contributed by atoms with van der Waals surface area (Å²) in [6, 6.07) is 3.34. The quantitative estimate of drug-likeness (QED) is 0.0378. The van der Waals surface area contributed by atoms with Crippen LogP contribution in [-0.4, -0.2) is 147 Å². The summed E-state index contributed by atoms with van der Waals surface area (Å²) in [5.41, 5.74) is 7.03. The van der Waals surface area contributed by atoms with Gasteiger partial charge < -0.3 is 73.8 Å². The van der Waals surface area contributed by atoms with Gasteiger partial charge in [0.1, 0.15) is 48.3 Å². The van der Waals surface area contributed by atoms with Gasteiger partial charge in [-0.1, -0.05) is 24.3 Å². The summed E-state index contributed by atoms with van der Waals surface area (Å²) >= 11 is 0. The second kappa shape index (κ2) is 28.2. The van der Waals surface area contributed by atoms with E-state index in [1.54, 1.807) is 12.1 Å². The van der Waals surface area contributed by atoms with Gasteiger partial charge >= 0.3 is 17.9 Å². The number of nitrogens with two attached hydrogens (primary N) is 1. The number of aromatic hydroxyl groups is 2. The predicted octanol–water partition coefficient (Wildman–Crippen LogP) is -3.38. The molecular weight excluding hydrogens is 887 g/mol. The van der Waals surface area contributed by atoms with Crippen molar-refractivity contribution in [2.24, 2.45) is 5.73 Å². The second-order valence-electron chi connectivity index (χ2n) is 15.2. The third-order valence-corrected chi connectivity index (χ3v) is 9.56. The Morgan fingerprint density at radius 1 is 0.463 bits per heavy atom. The van der Waals surface area contributed by atoms with Crippen molar-refractivity contribution in [3.05, 3.63) is 59.7 Å². The van der Waals surface area contributed by atoms with Gasteiger partial charge in [0, 0.05) is 45.2 Å². The van der Waals surface area contributed by atoms with Gasteiger partial charge in [-0.2, -0.15) is 0 Å². The third-order valence-electron chi connectivity index (χ3n) is 9.56. The Hall–Kier alpha value is -7.83. The van der Waals surface area contributed by atoms with Crippen LogP contribution in [0.2, 0.25) is 0 Å². The molecule has 25 nitrogen and oxygen atoms in total. The first kappa shape index (κ1) is 55.3. The summed E-state index contributed by atoms with van der Waals surface area (Å²) in [7, 11) is 0. The summed E-state index contributed by atoms with van der Waals surface area (Å²) in [4.78, 5) is 137. The third kappa shape index (κ3) is 22.1. The van der Waals surface area contributed by atoms with Gasteiger partial charge in [0.2, 0.25) is 47.3 Å². The number of aliphatic carboxylic acids is 3. The molecule has 366 valence electrons. The monoisotopic (exact) mass is 943 g/mol. The number of phenolic OH excluding ortho intramolecular Hbond substituents is 2. The number of nitrogens with one attached hydrogen (secondary N) is 8. The fourth-order valence-corrected chi connectivity index (χ4v) is 5.87. The zero-order valence-electron chi connectivity index (χ0n) is 36.7. The average Bonchev–Trinajstić information content (AvgIpc) is 3.26. The maximum atomic E-state index is 13.7. The fourth-order valence-electron chi connectivity index (χ4n) is 5.87. The lowest BCUT2D eigenvalue weighted by Crippen LogP contribution is -2.57. The van der Waals surface area contributed by atoms with Gasteiger partial charge in [-0.25, -0.2) is 0 Å². The second-order valence-corrected chi connectivity index (χ2v) is 15.2. The molecule has 6 atom stereocenters. The molecule has 2 rings (SSSR count). The minimum atomic E-state index is -1.55. The number of carboxylic acid groups (broad SMARTS) is 3. The van der Waals surface area contributed by atoms with Crippen molar-refractivity contribution in [2.75, 3.05) is 19.6 Å². The van der Waals surface area contributed by atoms with E-state index in [4.69, 9.17) is 10.8 Å². The predicted molar refractivity (Wildman–Crippen MR) is 232 cm³/mol. The molecule has 0 radical (unpaired) electrons. The molecule has 0 bridgehead atoms. The van der Waals surface area contributed by atoms with E-state index in [1.807, 2.05) is 0 Å². The summed E-state index contributed by atoms with van der Waals surface area (Å²) in [5.74, 6) is -10.6. The molecule has 0 aliphatic heterocycles. The van der Waals surface area contributed by atoms with Crippen LogP contribution in [0.25, 0.3) is 0 Å². The summed E-state index contributed by atoms with van der Waals surface area (Å²) < 4.78 is 0. The van der Waals surface area contributed by atoms with Crippen LogP contribution in [0.1, 0.15) is 63.5 Å². The number of phenols is 2. The zero-order valence-corrected chi connectivity index (χ0v) is 36.7. The first-order valence-corrected chi connectivity index (χ1v) is 20.8. The van der Waals surface area contributed by atoms with Crippen LogP contribution >= 0.6 is 0 Å². The van der Waals surface area contributed by atoms with Crippen molar-refractivity contribution in [3.8, 4) is 11.5 Å². The lowest BCUT2D eigenvalue weighted by Gasteiger charge is -2.24. The van der Waals surface area contributed by atoms with Gasteiger partial charge in [0.05, 0.1) is 6.04 Å². The maximum absolute atomic E-state index is 13.7. The lowest BCUT2D eigenvalue weighted by atomic mass is 10.0. The highest BCUT2D eigenvalue weighted by molar-refractivity contribution is 5.95. The van der Waals surface area contributed by atoms with Crippen LogP contribution in [-0.2, 0) is 65.6 Å². The Labute approximate surface area is 383 Å². The fraction of sp³-hybridized carbons (Fsp3) is 0.452. The van der Waals surface area contributed by atoms with Gasteiger partial charge in [-0.15, -0.1) is 0 Å². The number of amides is 8. The van der Waals surface area contributed by atoms with E-state index in [0.717, 1.165) is 0 Å². The Morgan fingerprint density at radius 2 is 0.866 bits per heavy atom. The molecule has 25 heteroatoms. The van der Waals surface area contributed by atoms with Crippen LogP contribution in [0.3, 0.4) is 0 Å². The van der Waals surface area contributed by atoms with E-state index in [-0.39, 0.29) is 50.3 Å². The average molecular weight is 944 g/mol. The van der Waals surface area contributed by atoms with Crippen LogP contribution in [0.15, 0.2) is 48.5 Å². The van der Waals surface area contributed by atoms with Crippen LogP contribution in [0, 0.1) is 0 Å². The largest absolute Gasteiger partial charge is 0.508 e. The number of benzene rings is 2. The van der Waals surface area contributed by atoms with Crippen molar-refractivity contribution in [2.45, 2.75) is 101 Å². The van der Waals surface area contributed by atoms with Crippen molar-refractivity contribution in [1.82, 2.24) is 42.5 Å². The van der Waals surface area contributed by atoms with Crippen molar-refractivity contribution < 1.29 is 78.3 Å². The van der Waals surface area contributed by atoms with E-state index < -0.39 is 134 Å². The molecule has 0 spiro atoms. The molecule has 15 N–H and O–H groups in total. The first-order valence-electron chi connectivity index (χ1n) is 20.8. The van der Waals surface area contributed by atoms with Crippen LogP contribution < -0.4 is 48.3 Å². The molecule has 0 aromatic heterocycles. The van der Waals surface area contributed by atoms with Gasteiger partial charge in [0.15, 0.2) is 0 Å². The van der Waals surface area contributed by atoms with Gasteiger partial charge in [0.25, 0.3) is 0 Å². The minimum Gasteiger partial charge on any atom is -0.508 e. The smallest absolute Gasteiger partial charge is 0.322 e. The summed E-state index contributed by atoms with van der Waals surface area (Å²) in [6.07, 6.45) is -2.83. The Balaban J connectivity index is 2.07. The topological polar surface area (TPSA) is 411 Å². The number of hydrogen-bond donors (Lipinski definition) is 14. The normalized spacial score (nSPS) is 13.4. The Bertz CT molecular complexity index is 2080. The summed E-state index contributed by atoms with van der Waals surface area (Å²) in [6.45, 7) is 1.38. The van der Waals surface area contributed by atoms with E-state index in [0.29, 0.717) is 11.1 Å². The minimum absolute atomic E-state index is 0.00377. The van der Waals surface area contributed by atoms with E-state index in [2.05, 4.69) is 42.5 Å². The highest BCUT2D eigenvalue weighted by Crippen LogP contribution is 2.13. The number of hydrogen-bond acceptors (Lipinski definition) is 14. The highest BCUT2D eigenvalue weighted by Gasteiger charge is 2.30. The number of carboxylic acids is 3. The van der Waals surface area contributed by atoms with Crippen molar-refractivity contribution in [1.29, 1.82) is 0 Å². The molecule has 0 saturated heterocycles. The van der Waals surface area contributed by atoms with E-state index in [1.165, 1.54) is 50.2 Å². The molecule has 0 aliphatic carbocycles. The Kier molecular flexibility index (Phi) is 23.2. The maximum Gasteiger partial charge on any atom is 0.322 e. The molecule has 0 fully saturated rings. The molecule has 0 heterocycles. The number of rotatable bonds is 29. The Morgan fingerprint density at radius 3 is 1.30 bits per heavy atom. The SMILES string of the molecule is CC(NC(=O)C(CCC(=O)O)NC(=O)C(N)Cc1ccc(O)cc1)C(=O)NCCC(=O)NC(Cc1ccc(O)cc1)C(=O)NC(CCC(=O)O)C(=O)NC(C)C(=O)NCCC(=O)NCC(=O)O. The molecule has 2 aromatic rings. The van der Waals surface area contributed by atoms with Gasteiger partial charge in [-0.3, -0.25) is 52.7 Å². The van der Waals surface area contributed by atoms with Crippen LogP contribution in [0.4, 0.5) is 0 Å². The molecule has 6 unspecified atom stereocenters. The number of carbonyl (C=O) groups is 11. The summed E-state index contributed by atoms with van der Waals surface area (Å²) in [5, 5.41) is 65.4. The van der Waals surface area contributed by atoms with Crippen molar-refractivity contribution in [3.63, 3.8) is 0 Å². The zero-order chi connectivity index (χ0) is 50.2. The van der Waals surface area contributed by atoms with Gasteiger partial charge in [-0.05, 0) is 68.5 Å². The van der Waals surface area contributed by atoms with E-state index in [9.17, 15) is 73.2 Å². The standard InChI is InChI=1S/C42H57N9O16/c1-22(37(62)44-17-15-32(54)46-21-36(60)61)48-41(66)30(12-14-35(58)59)51-42(67)31(20-25-5-9-27(53)10-6-25)49-33(55)16-18-45-38(63)23(2)47-40(65)29(11-13-34(56)57)50-39(64)28(43)19-24-3-7-26(52)8-4-24/h3-10,22-23,28-31,52-53H,11-21,43H2,1-2H3,(H,44,62)(H,45,63)(H,46,54)(H,47,65)(H,48,66)(H,49,55)(H,50,64)(H,51,67)(H,56,57)(H,58,59)(H,60,61). The van der Waals surface area contributed by atoms with Crippen LogP contribution in [0.5, 0.6) is 11.5 Å². The van der Waals surface area contributed by atoms with E-state index >= 15 is 0 Å². The van der Waals surface area contributed by atoms with Crippen molar-refractivity contribution >= 4 is 65.2 Å². The lowest BCUT2D eigenvalue weighted by molar-refractivity contribution is -0.139. The highest BCUT2D eigenvalue weighted by atomic mass is 16.4. The molecule has 8 amide bonds. The molecule has 0 saturated carbocycles. The molecular formula is C42H57N9O16. The molecule has 0 aliphatic rings. The molecule has 2 aromatic carbocycles. The molecule has 67 heavy (non-hydrogen) atoms.